The molecule has 1 saturated heterocycles. The molecule has 0 aliphatic carbocycles. The molecule has 0 bridgehead atoms. The van der Waals surface area contributed by atoms with E-state index in [1.54, 1.807) is 6.07 Å². The zero-order valence-electron chi connectivity index (χ0n) is 15.2. The Kier molecular flexibility index (Phi) is 5.08. The van der Waals surface area contributed by atoms with Gasteiger partial charge in [0.05, 0.1) is 6.54 Å². The lowest BCUT2D eigenvalue weighted by Crippen LogP contribution is -2.48. The minimum Gasteiger partial charge on any atom is -0.369 e. The average molecular weight is 342 g/mol. The van der Waals surface area contributed by atoms with Crippen molar-refractivity contribution in [1.82, 2.24) is 10.1 Å². The van der Waals surface area contributed by atoms with Crippen LogP contribution >= 0.6 is 0 Å². The number of nitrogens with zero attached hydrogens (tertiary/aromatic N) is 3. The maximum absolute atomic E-state index is 12.2. The van der Waals surface area contributed by atoms with Gasteiger partial charge in [0, 0.05) is 43.3 Å². The number of anilines is 2. The Hall–Kier alpha value is -2.34. The van der Waals surface area contributed by atoms with Crippen LogP contribution in [0.2, 0.25) is 0 Å². The molecule has 2 aromatic rings. The number of carbonyl (C=O) groups is 1. The van der Waals surface area contributed by atoms with E-state index in [9.17, 15) is 4.79 Å². The van der Waals surface area contributed by atoms with Gasteiger partial charge in [0.25, 0.3) is 0 Å². The summed E-state index contributed by atoms with van der Waals surface area (Å²) in [6.07, 6.45) is 0. The summed E-state index contributed by atoms with van der Waals surface area (Å²) >= 11 is 0. The monoisotopic (exact) mass is 342 g/mol. The number of aromatic nitrogens is 1. The molecule has 3 rings (SSSR count). The minimum absolute atomic E-state index is 0.0538. The normalized spacial score (nSPS) is 16.0. The van der Waals surface area contributed by atoms with E-state index in [1.165, 1.54) is 5.69 Å². The molecule has 134 valence electrons. The Labute approximate surface area is 148 Å². The Morgan fingerprint density at radius 2 is 1.84 bits per heavy atom. The number of piperazine rings is 1. The lowest BCUT2D eigenvalue weighted by atomic mass is 9.93. The molecule has 6 heteroatoms. The number of amides is 1. The van der Waals surface area contributed by atoms with Crippen molar-refractivity contribution >= 4 is 17.4 Å². The lowest BCUT2D eigenvalue weighted by molar-refractivity contribution is -0.117. The van der Waals surface area contributed by atoms with Gasteiger partial charge in [0.15, 0.2) is 5.82 Å². The van der Waals surface area contributed by atoms with Crippen molar-refractivity contribution in [1.29, 1.82) is 0 Å². The molecule has 1 aromatic carbocycles. The molecule has 6 nitrogen and oxygen atoms in total. The Morgan fingerprint density at radius 1 is 1.16 bits per heavy atom. The summed E-state index contributed by atoms with van der Waals surface area (Å²) in [7, 11) is 0. The molecule has 0 unspecified atom stereocenters. The fraction of sp³-hybridized carbons (Fsp3) is 0.474. The molecule has 1 amide bonds. The molecular formula is C19H26N4O2. The highest BCUT2D eigenvalue weighted by atomic mass is 16.5. The lowest BCUT2D eigenvalue weighted by Gasteiger charge is -2.35. The molecule has 1 N–H and O–H groups in total. The highest BCUT2D eigenvalue weighted by molar-refractivity contribution is 5.91. The van der Waals surface area contributed by atoms with Crippen molar-refractivity contribution in [2.45, 2.75) is 26.2 Å². The Balaban J connectivity index is 1.47. The van der Waals surface area contributed by atoms with Crippen molar-refractivity contribution in [2.24, 2.45) is 0 Å². The van der Waals surface area contributed by atoms with Crippen LogP contribution in [0.4, 0.5) is 11.5 Å². The molecule has 2 heterocycles. The summed E-state index contributed by atoms with van der Waals surface area (Å²) in [5, 5.41) is 6.76. The van der Waals surface area contributed by atoms with Crippen LogP contribution < -0.4 is 10.2 Å². The fourth-order valence-electron chi connectivity index (χ4n) is 2.88. The van der Waals surface area contributed by atoms with Gasteiger partial charge < -0.3 is 14.7 Å². The predicted molar refractivity (Wildman–Crippen MR) is 98.9 cm³/mol. The van der Waals surface area contributed by atoms with Crippen LogP contribution in [0.15, 0.2) is 40.9 Å². The van der Waals surface area contributed by atoms with Crippen molar-refractivity contribution in [3.8, 4) is 0 Å². The summed E-state index contributed by atoms with van der Waals surface area (Å²) in [6, 6.07) is 12.2. The summed E-state index contributed by atoms with van der Waals surface area (Å²) in [6.45, 7) is 10.1. The van der Waals surface area contributed by atoms with Gasteiger partial charge in [-0.3, -0.25) is 9.69 Å². The number of hydrogen-bond acceptors (Lipinski definition) is 5. The van der Waals surface area contributed by atoms with Crippen molar-refractivity contribution < 1.29 is 9.32 Å². The van der Waals surface area contributed by atoms with E-state index in [-0.39, 0.29) is 11.3 Å². The quantitative estimate of drug-likeness (QED) is 0.926. The zero-order valence-corrected chi connectivity index (χ0v) is 15.2. The smallest absolute Gasteiger partial charge is 0.239 e. The van der Waals surface area contributed by atoms with E-state index >= 15 is 0 Å². The van der Waals surface area contributed by atoms with Gasteiger partial charge >= 0.3 is 0 Å². The first-order chi connectivity index (χ1) is 11.9. The average Bonchev–Trinajstić information content (AvgIpc) is 3.05. The van der Waals surface area contributed by atoms with Crippen LogP contribution in [-0.2, 0) is 10.2 Å². The predicted octanol–water partition coefficient (Wildman–Crippen LogP) is 2.73. The van der Waals surface area contributed by atoms with Crippen LogP contribution in [0.3, 0.4) is 0 Å². The highest BCUT2D eigenvalue weighted by Gasteiger charge is 2.22. The number of hydrogen-bond donors (Lipinski definition) is 1. The third-order valence-corrected chi connectivity index (χ3v) is 4.38. The molecule has 1 aromatic heterocycles. The Bertz CT molecular complexity index is 698. The summed E-state index contributed by atoms with van der Waals surface area (Å²) in [4.78, 5) is 16.8. The maximum Gasteiger partial charge on any atom is 0.239 e. The first kappa shape index (κ1) is 17.5. The Morgan fingerprint density at radius 3 is 2.44 bits per heavy atom. The largest absolute Gasteiger partial charge is 0.369 e. The number of rotatable bonds is 4. The van der Waals surface area contributed by atoms with E-state index in [0.717, 1.165) is 31.9 Å². The first-order valence-electron chi connectivity index (χ1n) is 8.71. The molecule has 1 aliphatic heterocycles. The van der Waals surface area contributed by atoms with Crippen molar-refractivity contribution in [3.63, 3.8) is 0 Å². The first-order valence-corrected chi connectivity index (χ1v) is 8.71. The fourth-order valence-corrected chi connectivity index (χ4v) is 2.88. The standard InChI is InChI=1S/C19H26N4O2/c1-19(2,3)16-13-17(21-25-16)20-18(24)14-22-9-11-23(12-10-22)15-7-5-4-6-8-15/h4-8,13H,9-12,14H2,1-3H3,(H,20,21,24). The maximum atomic E-state index is 12.2. The SMILES string of the molecule is CC(C)(C)c1cc(NC(=O)CN2CCN(c3ccccc3)CC2)no1. The second-order valence-electron chi connectivity index (χ2n) is 7.47. The molecule has 1 fully saturated rings. The number of benzene rings is 1. The van der Waals surface area contributed by atoms with Crippen LogP contribution in [0, 0.1) is 0 Å². The summed E-state index contributed by atoms with van der Waals surface area (Å²) in [5.41, 5.74) is 1.12. The van der Waals surface area contributed by atoms with Gasteiger partial charge in [0.1, 0.15) is 5.76 Å². The number of para-hydroxylation sites is 1. The third-order valence-electron chi connectivity index (χ3n) is 4.38. The van der Waals surface area contributed by atoms with Crippen molar-refractivity contribution in [3.05, 3.63) is 42.2 Å². The van der Waals surface area contributed by atoms with Gasteiger partial charge in [-0.15, -0.1) is 0 Å². The second kappa shape index (κ2) is 7.27. The van der Waals surface area contributed by atoms with E-state index in [0.29, 0.717) is 12.4 Å². The van der Waals surface area contributed by atoms with Gasteiger partial charge in [-0.05, 0) is 12.1 Å². The summed E-state index contributed by atoms with van der Waals surface area (Å²) < 4.78 is 5.30. The van der Waals surface area contributed by atoms with Gasteiger partial charge in [0.2, 0.25) is 5.91 Å². The number of nitrogens with one attached hydrogen (secondary N) is 1. The number of carbonyl (C=O) groups excluding carboxylic acids is 1. The third kappa shape index (κ3) is 4.60. The molecule has 0 radical (unpaired) electrons. The van der Waals surface area contributed by atoms with Gasteiger partial charge in [-0.25, -0.2) is 0 Å². The van der Waals surface area contributed by atoms with E-state index in [4.69, 9.17) is 4.52 Å². The molecule has 1 aliphatic rings. The molecule has 0 saturated carbocycles. The van der Waals surface area contributed by atoms with E-state index in [2.05, 4.69) is 44.5 Å². The topological polar surface area (TPSA) is 61.6 Å². The second-order valence-corrected chi connectivity index (χ2v) is 7.47. The van der Waals surface area contributed by atoms with E-state index in [1.807, 2.05) is 26.8 Å². The minimum atomic E-state index is -0.121. The van der Waals surface area contributed by atoms with Crippen LogP contribution in [0.5, 0.6) is 0 Å². The van der Waals surface area contributed by atoms with Gasteiger partial charge in [-0.2, -0.15) is 0 Å². The summed E-state index contributed by atoms with van der Waals surface area (Å²) in [5.74, 6) is 1.19. The van der Waals surface area contributed by atoms with Crippen molar-refractivity contribution in [2.75, 3.05) is 42.9 Å². The molecular weight excluding hydrogens is 316 g/mol. The molecule has 0 atom stereocenters. The molecule has 25 heavy (non-hydrogen) atoms. The van der Waals surface area contributed by atoms with E-state index < -0.39 is 0 Å². The zero-order chi connectivity index (χ0) is 17.9. The van der Waals surface area contributed by atoms with Crippen LogP contribution in [0.1, 0.15) is 26.5 Å². The van der Waals surface area contributed by atoms with Crippen LogP contribution in [-0.4, -0.2) is 48.7 Å². The van der Waals surface area contributed by atoms with Gasteiger partial charge in [-0.1, -0.05) is 44.1 Å². The highest BCUT2D eigenvalue weighted by Crippen LogP contribution is 2.24. The molecule has 0 spiro atoms. The van der Waals surface area contributed by atoms with Crippen LogP contribution in [0.25, 0.3) is 0 Å².